The van der Waals surface area contributed by atoms with Crippen molar-refractivity contribution in [3.05, 3.63) is 95.1 Å². The van der Waals surface area contributed by atoms with Crippen LogP contribution in [0.2, 0.25) is 5.02 Å². The molecule has 0 radical (unpaired) electrons. The molecule has 2 nitrogen and oxygen atoms in total. The third kappa shape index (κ3) is 4.03. The zero-order valence-electron chi connectivity index (χ0n) is 16.7. The Morgan fingerprint density at radius 3 is 2.00 bits per heavy atom. The molecule has 4 rings (SSSR count). The van der Waals surface area contributed by atoms with E-state index in [4.69, 9.17) is 16.3 Å². The van der Waals surface area contributed by atoms with Crippen LogP contribution in [0.4, 0.5) is 0 Å². The lowest BCUT2D eigenvalue weighted by Crippen LogP contribution is -1.92. The summed E-state index contributed by atoms with van der Waals surface area (Å²) in [6.45, 7) is 4.28. The SMILES string of the molecule is COc1cc(Cl)cc(-c2cc(C)c(C)cc2-c2ccc(-c3ccccn3)cc2)c1. The molecule has 0 aliphatic carbocycles. The van der Waals surface area contributed by atoms with E-state index in [0.29, 0.717) is 5.02 Å². The summed E-state index contributed by atoms with van der Waals surface area (Å²) in [7, 11) is 1.66. The summed E-state index contributed by atoms with van der Waals surface area (Å²) in [5.41, 5.74) is 9.08. The Bertz CT molecular complexity index is 1150. The van der Waals surface area contributed by atoms with E-state index >= 15 is 0 Å². The van der Waals surface area contributed by atoms with Crippen LogP contribution >= 0.6 is 11.6 Å². The summed E-state index contributed by atoms with van der Waals surface area (Å²) in [5, 5.41) is 0.661. The molecule has 3 heteroatoms. The van der Waals surface area contributed by atoms with Gasteiger partial charge in [-0.1, -0.05) is 54.1 Å². The molecule has 0 spiro atoms. The first-order valence-electron chi connectivity index (χ1n) is 9.53. The van der Waals surface area contributed by atoms with Crippen molar-refractivity contribution in [2.45, 2.75) is 13.8 Å². The van der Waals surface area contributed by atoms with Crippen LogP contribution in [0, 0.1) is 13.8 Å². The molecule has 144 valence electrons. The molecule has 0 fully saturated rings. The molecule has 0 aliphatic heterocycles. The summed E-state index contributed by atoms with van der Waals surface area (Å²) >= 11 is 6.35. The van der Waals surface area contributed by atoms with E-state index in [0.717, 1.165) is 33.7 Å². The molecule has 0 aliphatic rings. The molecule has 4 aromatic rings. The predicted molar refractivity (Wildman–Crippen MR) is 122 cm³/mol. The highest BCUT2D eigenvalue weighted by molar-refractivity contribution is 6.31. The fraction of sp³-hybridized carbons (Fsp3) is 0.115. The summed E-state index contributed by atoms with van der Waals surface area (Å²) in [5.74, 6) is 0.752. The normalized spacial score (nSPS) is 10.8. The van der Waals surface area contributed by atoms with E-state index in [9.17, 15) is 0 Å². The number of hydrogen-bond acceptors (Lipinski definition) is 2. The Kier molecular flexibility index (Phi) is 5.37. The number of halogens is 1. The van der Waals surface area contributed by atoms with Crippen LogP contribution in [0.25, 0.3) is 33.5 Å². The minimum atomic E-state index is 0.661. The van der Waals surface area contributed by atoms with E-state index in [-0.39, 0.29) is 0 Å². The number of hydrogen-bond donors (Lipinski definition) is 0. The molecule has 0 bridgehead atoms. The van der Waals surface area contributed by atoms with Crippen molar-refractivity contribution in [3.8, 4) is 39.3 Å². The van der Waals surface area contributed by atoms with Gasteiger partial charge in [0.1, 0.15) is 5.75 Å². The van der Waals surface area contributed by atoms with Gasteiger partial charge in [0.15, 0.2) is 0 Å². The average Bonchev–Trinajstić information content (AvgIpc) is 2.75. The van der Waals surface area contributed by atoms with E-state index in [2.05, 4.69) is 55.2 Å². The maximum Gasteiger partial charge on any atom is 0.120 e. The van der Waals surface area contributed by atoms with Crippen molar-refractivity contribution in [1.29, 1.82) is 0 Å². The molecule has 0 N–H and O–H groups in total. The molecular weight excluding hydrogens is 378 g/mol. The summed E-state index contributed by atoms with van der Waals surface area (Å²) in [4.78, 5) is 4.44. The second-order valence-corrected chi connectivity index (χ2v) is 7.59. The van der Waals surface area contributed by atoms with Crippen LogP contribution < -0.4 is 4.74 Å². The first kappa shape index (κ1) is 19.2. The summed E-state index contributed by atoms with van der Waals surface area (Å²) in [6, 6.07) is 24.8. The fourth-order valence-electron chi connectivity index (χ4n) is 3.48. The van der Waals surface area contributed by atoms with Gasteiger partial charge in [0, 0.05) is 16.8 Å². The van der Waals surface area contributed by atoms with Gasteiger partial charge in [-0.3, -0.25) is 4.98 Å². The molecule has 3 aromatic carbocycles. The van der Waals surface area contributed by atoms with Crippen LogP contribution in [0.3, 0.4) is 0 Å². The van der Waals surface area contributed by atoms with Gasteiger partial charge in [0.2, 0.25) is 0 Å². The van der Waals surface area contributed by atoms with Crippen LogP contribution in [0.1, 0.15) is 11.1 Å². The Morgan fingerprint density at radius 2 is 1.38 bits per heavy atom. The molecule has 0 unspecified atom stereocenters. The van der Waals surface area contributed by atoms with E-state index in [1.54, 1.807) is 7.11 Å². The van der Waals surface area contributed by atoms with Gasteiger partial charge in [0.05, 0.1) is 12.8 Å². The number of methoxy groups -OCH3 is 1. The van der Waals surface area contributed by atoms with Crippen LogP contribution in [0.15, 0.2) is 79.0 Å². The largest absolute Gasteiger partial charge is 0.497 e. The maximum absolute atomic E-state index is 6.35. The minimum absolute atomic E-state index is 0.661. The lowest BCUT2D eigenvalue weighted by Gasteiger charge is -2.15. The highest BCUT2D eigenvalue weighted by Crippen LogP contribution is 2.37. The van der Waals surface area contributed by atoms with E-state index in [1.807, 2.05) is 42.6 Å². The number of nitrogens with zero attached hydrogens (tertiary/aromatic N) is 1. The van der Waals surface area contributed by atoms with Gasteiger partial charge in [0.25, 0.3) is 0 Å². The fourth-order valence-corrected chi connectivity index (χ4v) is 3.71. The molecule has 0 saturated carbocycles. The Morgan fingerprint density at radius 1 is 0.724 bits per heavy atom. The van der Waals surface area contributed by atoms with Gasteiger partial charge in [-0.25, -0.2) is 0 Å². The van der Waals surface area contributed by atoms with Crippen molar-refractivity contribution in [2.75, 3.05) is 7.11 Å². The third-order valence-corrected chi connectivity index (χ3v) is 5.43. The van der Waals surface area contributed by atoms with Crippen molar-refractivity contribution in [1.82, 2.24) is 4.98 Å². The van der Waals surface area contributed by atoms with Gasteiger partial charge >= 0.3 is 0 Å². The standard InChI is InChI=1S/C26H22ClNO/c1-17-12-24(19-7-9-20(10-8-19)26-6-4-5-11-28-26)25(13-18(17)2)21-14-22(27)16-23(15-21)29-3/h4-16H,1-3H3. The molecule has 0 atom stereocenters. The summed E-state index contributed by atoms with van der Waals surface area (Å²) < 4.78 is 5.43. The smallest absolute Gasteiger partial charge is 0.120 e. The number of aryl methyl sites for hydroxylation is 2. The zero-order valence-corrected chi connectivity index (χ0v) is 17.5. The second-order valence-electron chi connectivity index (χ2n) is 7.15. The Labute approximate surface area is 176 Å². The summed E-state index contributed by atoms with van der Waals surface area (Å²) in [6.07, 6.45) is 1.82. The lowest BCUT2D eigenvalue weighted by molar-refractivity contribution is 0.415. The highest BCUT2D eigenvalue weighted by Gasteiger charge is 2.12. The van der Waals surface area contributed by atoms with E-state index in [1.165, 1.54) is 16.7 Å². The highest BCUT2D eigenvalue weighted by atomic mass is 35.5. The first-order chi connectivity index (χ1) is 14.0. The van der Waals surface area contributed by atoms with Crippen LogP contribution in [-0.4, -0.2) is 12.1 Å². The van der Waals surface area contributed by atoms with Crippen molar-refractivity contribution in [2.24, 2.45) is 0 Å². The second kappa shape index (κ2) is 8.10. The Hall–Kier alpha value is -3.10. The first-order valence-corrected chi connectivity index (χ1v) is 9.91. The average molecular weight is 400 g/mol. The number of pyridine rings is 1. The van der Waals surface area contributed by atoms with Crippen LogP contribution in [0.5, 0.6) is 5.75 Å². The molecule has 1 aromatic heterocycles. The molecular formula is C26H22ClNO. The number of rotatable bonds is 4. The third-order valence-electron chi connectivity index (χ3n) is 5.21. The van der Waals surface area contributed by atoms with Gasteiger partial charge in [-0.05, 0) is 77.6 Å². The quantitative estimate of drug-likeness (QED) is 0.357. The molecule has 0 saturated heterocycles. The Balaban J connectivity index is 1.84. The predicted octanol–water partition coefficient (Wildman–Crippen LogP) is 7.36. The topological polar surface area (TPSA) is 22.1 Å². The number of benzene rings is 3. The van der Waals surface area contributed by atoms with Crippen molar-refractivity contribution in [3.63, 3.8) is 0 Å². The van der Waals surface area contributed by atoms with Gasteiger partial charge in [-0.15, -0.1) is 0 Å². The minimum Gasteiger partial charge on any atom is -0.497 e. The van der Waals surface area contributed by atoms with Crippen LogP contribution in [-0.2, 0) is 0 Å². The molecule has 29 heavy (non-hydrogen) atoms. The lowest BCUT2D eigenvalue weighted by atomic mass is 9.90. The van der Waals surface area contributed by atoms with Crippen molar-refractivity contribution < 1.29 is 4.74 Å². The molecule has 1 heterocycles. The van der Waals surface area contributed by atoms with Crippen molar-refractivity contribution >= 4 is 11.6 Å². The zero-order chi connectivity index (χ0) is 20.4. The van der Waals surface area contributed by atoms with Gasteiger partial charge < -0.3 is 4.74 Å². The number of ether oxygens (including phenoxy) is 1. The molecule has 0 amide bonds. The number of aromatic nitrogens is 1. The van der Waals surface area contributed by atoms with Gasteiger partial charge in [-0.2, -0.15) is 0 Å². The van der Waals surface area contributed by atoms with E-state index < -0.39 is 0 Å². The maximum atomic E-state index is 6.35. The monoisotopic (exact) mass is 399 g/mol.